The summed E-state index contributed by atoms with van der Waals surface area (Å²) in [7, 11) is 0. The van der Waals surface area contributed by atoms with Gasteiger partial charge in [0.15, 0.2) is 5.03 Å². The van der Waals surface area contributed by atoms with Gasteiger partial charge in [-0.1, -0.05) is 60.7 Å². The molecule has 0 aliphatic rings. The Morgan fingerprint density at radius 2 is 1.42 bits per heavy atom. The molecule has 0 aromatic heterocycles. The third-order valence-electron chi connectivity index (χ3n) is 2.92. The van der Waals surface area contributed by atoms with Crippen LogP contribution in [0.3, 0.4) is 0 Å². The lowest BCUT2D eigenvalue weighted by atomic mass is 9.88. The van der Waals surface area contributed by atoms with Crippen molar-refractivity contribution in [3.8, 4) is 0 Å². The van der Waals surface area contributed by atoms with Crippen LogP contribution in [-0.2, 0) is 0 Å². The van der Waals surface area contributed by atoms with Crippen LogP contribution in [-0.4, -0.2) is 10.7 Å². The summed E-state index contributed by atoms with van der Waals surface area (Å²) in [6.07, 6.45) is 0. The minimum atomic E-state index is -0.645. The monoisotopic (exact) mass is 254 g/mol. The van der Waals surface area contributed by atoms with Gasteiger partial charge in [-0.2, -0.15) is 0 Å². The van der Waals surface area contributed by atoms with Crippen LogP contribution in [0.2, 0.25) is 0 Å². The highest BCUT2D eigenvalue weighted by atomic mass is 16.7. The first kappa shape index (κ1) is 13.0. The predicted octanol–water partition coefficient (Wildman–Crippen LogP) is 3.47. The largest absolute Gasteiger partial charge is 0.233 e. The SMILES string of the molecule is C/C(=N\[N+](=O)[O-])C(c1ccccc1)c1ccccc1. The Kier molecular flexibility index (Phi) is 4.03. The molecule has 0 fully saturated rings. The number of nitro groups is 1. The van der Waals surface area contributed by atoms with E-state index in [0.29, 0.717) is 5.71 Å². The van der Waals surface area contributed by atoms with Crippen molar-refractivity contribution < 1.29 is 5.03 Å². The lowest BCUT2D eigenvalue weighted by Crippen LogP contribution is -2.12. The molecule has 0 heterocycles. The van der Waals surface area contributed by atoms with Crippen LogP contribution < -0.4 is 0 Å². The number of rotatable bonds is 4. The number of benzene rings is 2. The van der Waals surface area contributed by atoms with E-state index in [1.54, 1.807) is 6.92 Å². The Hall–Kier alpha value is -2.49. The molecule has 0 amide bonds. The highest BCUT2D eigenvalue weighted by Crippen LogP contribution is 2.26. The van der Waals surface area contributed by atoms with Gasteiger partial charge in [0.2, 0.25) is 0 Å². The van der Waals surface area contributed by atoms with E-state index in [1.165, 1.54) is 0 Å². The number of nitrogens with zero attached hydrogens (tertiary/aromatic N) is 2. The Morgan fingerprint density at radius 1 is 1.00 bits per heavy atom. The van der Waals surface area contributed by atoms with Crippen molar-refractivity contribution in [3.05, 3.63) is 81.9 Å². The molecule has 0 radical (unpaired) electrons. The lowest BCUT2D eigenvalue weighted by Gasteiger charge is -2.15. The molecule has 0 unspecified atom stereocenters. The maximum absolute atomic E-state index is 10.6. The minimum absolute atomic E-state index is 0.187. The molecule has 4 heteroatoms. The highest BCUT2D eigenvalue weighted by molar-refractivity contribution is 5.91. The summed E-state index contributed by atoms with van der Waals surface area (Å²) < 4.78 is 0. The first-order valence-corrected chi connectivity index (χ1v) is 5.98. The smallest absolute Gasteiger partial charge is 0.190 e. The summed E-state index contributed by atoms with van der Waals surface area (Å²) in [5, 5.41) is 13.4. The number of hydrogen-bond acceptors (Lipinski definition) is 2. The summed E-state index contributed by atoms with van der Waals surface area (Å²) in [5.74, 6) is -0.187. The molecule has 4 nitrogen and oxygen atoms in total. The molecule has 19 heavy (non-hydrogen) atoms. The topological polar surface area (TPSA) is 55.5 Å². The number of hydrazone groups is 1. The van der Waals surface area contributed by atoms with Crippen molar-refractivity contribution >= 4 is 5.71 Å². The normalized spacial score (nSPS) is 11.6. The van der Waals surface area contributed by atoms with Crippen LogP contribution in [0.4, 0.5) is 0 Å². The van der Waals surface area contributed by atoms with Crippen molar-refractivity contribution in [3.63, 3.8) is 0 Å². The molecule has 2 aromatic rings. The van der Waals surface area contributed by atoms with Gasteiger partial charge in [0, 0.05) is 0 Å². The summed E-state index contributed by atoms with van der Waals surface area (Å²) in [5.41, 5.74) is 2.47. The molecule has 2 aromatic carbocycles. The van der Waals surface area contributed by atoms with Gasteiger partial charge in [0.25, 0.3) is 0 Å². The van der Waals surface area contributed by atoms with Gasteiger partial charge in [0.1, 0.15) is 5.71 Å². The molecule has 2 rings (SSSR count). The van der Waals surface area contributed by atoms with Crippen LogP contribution in [0.15, 0.2) is 65.8 Å². The standard InChI is InChI=1S/C15H14N2O2/c1-12(16-17(18)19)15(13-8-4-2-5-9-13)14-10-6-3-7-11-14/h2-11,15H,1H3/b16-12+. The molecule has 0 spiro atoms. The van der Waals surface area contributed by atoms with Crippen molar-refractivity contribution in [2.24, 2.45) is 5.10 Å². The van der Waals surface area contributed by atoms with Gasteiger partial charge in [-0.15, -0.1) is 0 Å². The fourth-order valence-corrected chi connectivity index (χ4v) is 2.15. The quantitative estimate of drug-likeness (QED) is 0.476. The molecular weight excluding hydrogens is 240 g/mol. The zero-order valence-corrected chi connectivity index (χ0v) is 10.6. The second-order valence-corrected chi connectivity index (χ2v) is 4.23. The summed E-state index contributed by atoms with van der Waals surface area (Å²) >= 11 is 0. The third-order valence-corrected chi connectivity index (χ3v) is 2.92. The van der Waals surface area contributed by atoms with Gasteiger partial charge < -0.3 is 0 Å². The fraction of sp³-hybridized carbons (Fsp3) is 0.133. The molecule has 0 atom stereocenters. The first-order chi connectivity index (χ1) is 9.18. The second-order valence-electron chi connectivity index (χ2n) is 4.23. The van der Waals surface area contributed by atoms with E-state index >= 15 is 0 Å². The molecule has 0 bridgehead atoms. The minimum Gasteiger partial charge on any atom is -0.233 e. The fourth-order valence-electron chi connectivity index (χ4n) is 2.15. The Bertz CT molecular complexity index is 540. The molecule has 0 N–H and O–H groups in total. The average molecular weight is 254 g/mol. The Balaban J connectivity index is 2.49. The van der Waals surface area contributed by atoms with Crippen LogP contribution in [0.25, 0.3) is 0 Å². The lowest BCUT2D eigenvalue weighted by molar-refractivity contribution is -0.485. The van der Waals surface area contributed by atoms with Gasteiger partial charge in [-0.3, -0.25) is 0 Å². The molecule has 96 valence electrons. The van der Waals surface area contributed by atoms with Gasteiger partial charge in [-0.05, 0) is 18.1 Å². The van der Waals surface area contributed by atoms with Crippen molar-refractivity contribution in [2.75, 3.05) is 0 Å². The molecule has 0 aliphatic carbocycles. The maximum Gasteiger partial charge on any atom is 0.190 e. The van der Waals surface area contributed by atoms with E-state index in [4.69, 9.17) is 0 Å². The zero-order valence-electron chi connectivity index (χ0n) is 10.6. The van der Waals surface area contributed by atoms with E-state index < -0.39 is 5.03 Å². The Morgan fingerprint density at radius 3 is 1.79 bits per heavy atom. The molecule has 0 saturated carbocycles. The predicted molar refractivity (Wildman–Crippen MR) is 74.8 cm³/mol. The summed E-state index contributed by atoms with van der Waals surface area (Å²) in [6.45, 7) is 1.69. The Labute approximate surface area is 111 Å². The van der Waals surface area contributed by atoms with E-state index in [0.717, 1.165) is 11.1 Å². The van der Waals surface area contributed by atoms with Gasteiger partial charge in [0.05, 0.1) is 11.0 Å². The molecule has 0 aliphatic heterocycles. The first-order valence-electron chi connectivity index (χ1n) is 5.98. The van der Waals surface area contributed by atoms with Crippen molar-refractivity contribution in [1.29, 1.82) is 0 Å². The average Bonchev–Trinajstić information content (AvgIpc) is 2.40. The van der Waals surface area contributed by atoms with E-state index in [1.807, 2.05) is 60.7 Å². The molecular formula is C15H14N2O2. The van der Waals surface area contributed by atoms with Crippen LogP contribution in [0.5, 0.6) is 0 Å². The van der Waals surface area contributed by atoms with Crippen LogP contribution in [0, 0.1) is 10.1 Å². The zero-order chi connectivity index (χ0) is 13.7. The third kappa shape index (κ3) is 3.25. The number of hydrogen-bond donors (Lipinski definition) is 0. The summed E-state index contributed by atoms with van der Waals surface area (Å²) in [6, 6.07) is 19.3. The van der Waals surface area contributed by atoms with E-state index in [-0.39, 0.29) is 5.92 Å². The van der Waals surface area contributed by atoms with Crippen molar-refractivity contribution in [1.82, 2.24) is 0 Å². The second kappa shape index (κ2) is 5.91. The van der Waals surface area contributed by atoms with Crippen LogP contribution in [0.1, 0.15) is 24.0 Å². The van der Waals surface area contributed by atoms with Gasteiger partial charge in [-0.25, -0.2) is 10.1 Å². The highest BCUT2D eigenvalue weighted by Gasteiger charge is 2.19. The van der Waals surface area contributed by atoms with Crippen molar-refractivity contribution in [2.45, 2.75) is 12.8 Å². The summed E-state index contributed by atoms with van der Waals surface area (Å²) in [4.78, 5) is 10.6. The van der Waals surface area contributed by atoms with E-state index in [9.17, 15) is 10.1 Å². The van der Waals surface area contributed by atoms with Gasteiger partial charge >= 0.3 is 0 Å². The van der Waals surface area contributed by atoms with Crippen LogP contribution >= 0.6 is 0 Å². The van der Waals surface area contributed by atoms with E-state index in [2.05, 4.69) is 5.10 Å². The molecule has 0 saturated heterocycles. The maximum atomic E-state index is 10.6.